The maximum Gasteiger partial charge on any atom is 0.160 e. The van der Waals surface area contributed by atoms with Crippen molar-refractivity contribution in [2.75, 3.05) is 20.3 Å². The minimum Gasteiger partial charge on any atom is -0.381 e. The van der Waals surface area contributed by atoms with E-state index in [1.807, 2.05) is 6.07 Å². The van der Waals surface area contributed by atoms with Gasteiger partial charge in [-0.05, 0) is 42.2 Å². The Morgan fingerprint density at radius 2 is 1.66 bits per heavy atom. The van der Waals surface area contributed by atoms with Gasteiger partial charge in [-0.2, -0.15) is 0 Å². The molecule has 2 aliphatic heterocycles. The first kappa shape index (κ1) is 30.7. The van der Waals surface area contributed by atoms with Crippen LogP contribution in [0.5, 0.6) is 0 Å². The van der Waals surface area contributed by atoms with E-state index in [9.17, 15) is 0 Å². The van der Waals surface area contributed by atoms with E-state index in [0.29, 0.717) is 32.3 Å². The molecule has 1 aliphatic carbocycles. The molecular weight excluding hydrogens is 516 g/mol. The molecule has 6 heteroatoms. The molecule has 0 N–H and O–H groups in total. The van der Waals surface area contributed by atoms with Gasteiger partial charge in [0.05, 0.1) is 50.3 Å². The van der Waals surface area contributed by atoms with Crippen LogP contribution < -0.4 is 0 Å². The van der Waals surface area contributed by atoms with Crippen molar-refractivity contribution < 1.29 is 28.4 Å². The first-order chi connectivity index (χ1) is 20.1. The Balaban J connectivity index is 1.22. The van der Waals surface area contributed by atoms with Crippen LogP contribution in [0.2, 0.25) is 0 Å². The van der Waals surface area contributed by atoms with Crippen LogP contribution in [-0.2, 0) is 41.6 Å². The smallest absolute Gasteiger partial charge is 0.160 e. The summed E-state index contributed by atoms with van der Waals surface area (Å²) in [4.78, 5) is 0. The van der Waals surface area contributed by atoms with Gasteiger partial charge in [-0.15, -0.1) is 0 Å². The van der Waals surface area contributed by atoms with Crippen molar-refractivity contribution in [3.63, 3.8) is 0 Å². The lowest BCUT2D eigenvalue weighted by Crippen LogP contribution is -2.48. The van der Waals surface area contributed by atoms with Crippen LogP contribution in [0.4, 0.5) is 0 Å². The summed E-state index contributed by atoms with van der Waals surface area (Å²) in [7, 11) is 1.78. The zero-order valence-corrected chi connectivity index (χ0v) is 25.2. The van der Waals surface area contributed by atoms with Gasteiger partial charge < -0.3 is 28.4 Å². The average molecular weight is 567 g/mol. The van der Waals surface area contributed by atoms with Gasteiger partial charge in [0.1, 0.15) is 0 Å². The second kappa shape index (κ2) is 15.6. The van der Waals surface area contributed by atoms with Gasteiger partial charge >= 0.3 is 0 Å². The zero-order valence-electron chi connectivity index (χ0n) is 25.2. The van der Waals surface area contributed by atoms with Gasteiger partial charge in [0.25, 0.3) is 0 Å². The van der Waals surface area contributed by atoms with Gasteiger partial charge in [-0.25, -0.2) is 0 Å². The first-order valence-electron chi connectivity index (χ1n) is 15.8. The van der Waals surface area contributed by atoms with E-state index in [-0.39, 0.29) is 42.7 Å². The van der Waals surface area contributed by atoms with Crippen molar-refractivity contribution in [2.45, 2.75) is 109 Å². The van der Waals surface area contributed by atoms with E-state index < -0.39 is 0 Å². The number of methoxy groups -OCH3 is 1. The summed E-state index contributed by atoms with van der Waals surface area (Å²) in [6, 6.07) is 20.9. The second-order valence-corrected chi connectivity index (χ2v) is 12.2. The summed E-state index contributed by atoms with van der Waals surface area (Å²) in [6.45, 7) is 7.16. The molecule has 0 bridgehead atoms. The van der Waals surface area contributed by atoms with Gasteiger partial charge in [0.15, 0.2) is 6.29 Å². The SMILES string of the molecule is CCC1CC1C(CC1CC(OC2CC(OC)CCO2)C(C)C(CCOCc2ccccc2)O1)OCc1ccccc1. The molecule has 2 aromatic rings. The zero-order chi connectivity index (χ0) is 28.4. The first-order valence-corrected chi connectivity index (χ1v) is 15.8. The lowest BCUT2D eigenvalue weighted by molar-refractivity contribution is -0.248. The molecule has 1 saturated carbocycles. The van der Waals surface area contributed by atoms with Crippen LogP contribution >= 0.6 is 0 Å². The maximum absolute atomic E-state index is 6.84. The number of hydrogen-bond acceptors (Lipinski definition) is 6. The maximum atomic E-state index is 6.84. The van der Waals surface area contributed by atoms with Crippen molar-refractivity contribution in [3.05, 3.63) is 71.8 Å². The van der Waals surface area contributed by atoms with Gasteiger partial charge in [-0.3, -0.25) is 0 Å². The summed E-state index contributed by atoms with van der Waals surface area (Å²) in [6.07, 6.45) is 7.12. The monoisotopic (exact) mass is 566 g/mol. The fourth-order valence-electron chi connectivity index (χ4n) is 6.60. The number of hydrogen-bond donors (Lipinski definition) is 0. The minimum absolute atomic E-state index is 0.0597. The highest BCUT2D eigenvalue weighted by Crippen LogP contribution is 2.47. The van der Waals surface area contributed by atoms with Crippen LogP contribution in [-0.4, -0.2) is 57.1 Å². The van der Waals surface area contributed by atoms with Gasteiger partial charge in [-0.1, -0.05) is 80.9 Å². The molecule has 3 aliphatic rings. The Bertz CT molecular complexity index is 1000. The Labute approximate surface area is 247 Å². The van der Waals surface area contributed by atoms with Crippen LogP contribution in [0.3, 0.4) is 0 Å². The molecule has 9 unspecified atom stereocenters. The number of rotatable bonds is 15. The molecular formula is C35H50O6. The number of ether oxygens (including phenoxy) is 6. The summed E-state index contributed by atoms with van der Waals surface area (Å²) < 4.78 is 37.9. The van der Waals surface area contributed by atoms with E-state index in [1.165, 1.54) is 24.0 Å². The van der Waals surface area contributed by atoms with Crippen LogP contribution in [0.15, 0.2) is 60.7 Å². The lowest BCUT2D eigenvalue weighted by Gasteiger charge is -2.43. The van der Waals surface area contributed by atoms with Crippen LogP contribution in [0.25, 0.3) is 0 Å². The predicted octanol–water partition coefficient (Wildman–Crippen LogP) is 6.95. The quantitative estimate of drug-likeness (QED) is 0.218. The van der Waals surface area contributed by atoms with Crippen molar-refractivity contribution in [2.24, 2.45) is 17.8 Å². The summed E-state index contributed by atoms with van der Waals surface area (Å²) in [5, 5.41) is 0. The summed E-state index contributed by atoms with van der Waals surface area (Å²) in [5.74, 6) is 1.61. The van der Waals surface area contributed by atoms with Gasteiger partial charge in [0, 0.05) is 38.9 Å². The minimum atomic E-state index is -0.229. The Morgan fingerprint density at radius 3 is 2.34 bits per heavy atom. The molecule has 0 amide bonds. The van der Waals surface area contributed by atoms with Crippen molar-refractivity contribution in [3.8, 4) is 0 Å². The number of benzene rings is 2. The predicted molar refractivity (Wildman–Crippen MR) is 159 cm³/mol. The van der Waals surface area contributed by atoms with E-state index in [1.54, 1.807) is 7.11 Å². The molecule has 226 valence electrons. The van der Waals surface area contributed by atoms with E-state index in [0.717, 1.165) is 38.0 Å². The van der Waals surface area contributed by atoms with Crippen molar-refractivity contribution in [1.82, 2.24) is 0 Å². The molecule has 41 heavy (non-hydrogen) atoms. The highest BCUT2D eigenvalue weighted by Gasteiger charge is 2.45. The highest BCUT2D eigenvalue weighted by atomic mass is 16.7. The van der Waals surface area contributed by atoms with E-state index >= 15 is 0 Å². The Hall–Kier alpha value is -1.80. The van der Waals surface area contributed by atoms with Crippen LogP contribution in [0, 0.1) is 17.8 Å². The average Bonchev–Trinajstić information content (AvgIpc) is 3.80. The third-order valence-corrected chi connectivity index (χ3v) is 9.33. The Morgan fingerprint density at radius 1 is 0.927 bits per heavy atom. The largest absolute Gasteiger partial charge is 0.381 e. The second-order valence-electron chi connectivity index (χ2n) is 12.2. The van der Waals surface area contributed by atoms with Gasteiger partial charge in [0.2, 0.25) is 0 Å². The molecule has 2 aromatic carbocycles. The molecule has 0 spiro atoms. The molecule has 2 saturated heterocycles. The standard InChI is InChI=1S/C35H50O6/c1-4-28-19-31(28)34(39-24-27-13-9-6-10-14-27)21-30-20-33(41-35-22-29(36-3)15-18-38-35)25(2)32(40-30)16-17-37-23-26-11-7-5-8-12-26/h5-14,25,28-35H,4,15-24H2,1-3H3. The molecule has 9 atom stereocenters. The van der Waals surface area contributed by atoms with E-state index in [2.05, 4.69) is 68.4 Å². The highest BCUT2D eigenvalue weighted by molar-refractivity contribution is 5.14. The fourth-order valence-corrected chi connectivity index (χ4v) is 6.60. The van der Waals surface area contributed by atoms with E-state index in [4.69, 9.17) is 28.4 Å². The molecule has 5 rings (SSSR count). The Kier molecular flexibility index (Phi) is 11.7. The molecule has 0 radical (unpaired) electrons. The molecule has 3 fully saturated rings. The third-order valence-electron chi connectivity index (χ3n) is 9.33. The third kappa shape index (κ3) is 9.09. The summed E-state index contributed by atoms with van der Waals surface area (Å²) >= 11 is 0. The molecule has 2 heterocycles. The summed E-state index contributed by atoms with van der Waals surface area (Å²) in [5.41, 5.74) is 2.42. The van der Waals surface area contributed by atoms with Crippen molar-refractivity contribution >= 4 is 0 Å². The lowest BCUT2D eigenvalue weighted by atomic mass is 9.86. The van der Waals surface area contributed by atoms with Crippen LogP contribution in [0.1, 0.15) is 69.9 Å². The molecule has 0 aromatic heterocycles. The topological polar surface area (TPSA) is 55.4 Å². The molecule has 6 nitrogen and oxygen atoms in total. The fraction of sp³-hybridized carbons (Fsp3) is 0.657. The van der Waals surface area contributed by atoms with Crippen molar-refractivity contribution in [1.29, 1.82) is 0 Å². The normalized spacial score (nSPS) is 32.5.